The van der Waals surface area contributed by atoms with Crippen LogP contribution in [0.15, 0.2) is 0 Å². The minimum Gasteiger partial charge on any atom is -0.462 e. The van der Waals surface area contributed by atoms with E-state index in [1.54, 1.807) is 0 Å². The first kappa shape index (κ1) is 53.9. The Morgan fingerprint density at radius 3 is 1.11 bits per heavy atom. The van der Waals surface area contributed by atoms with Crippen LogP contribution in [-0.4, -0.2) is 46.9 Å². The van der Waals surface area contributed by atoms with Gasteiger partial charge in [0.15, 0.2) is 0 Å². The van der Waals surface area contributed by atoms with Gasteiger partial charge in [-0.3, -0.25) is 9.59 Å². The van der Waals surface area contributed by atoms with Crippen LogP contribution in [0.4, 0.5) is 0 Å². The molecule has 0 aromatic carbocycles. The molecule has 0 saturated carbocycles. The van der Waals surface area contributed by atoms with Gasteiger partial charge in [-0.25, -0.2) is 0 Å². The van der Waals surface area contributed by atoms with Gasteiger partial charge in [-0.15, -0.1) is 0 Å². The fourth-order valence-electron chi connectivity index (χ4n) is 7.90. The molecule has 55 heavy (non-hydrogen) atoms. The normalized spacial score (nSPS) is 13.2. The summed E-state index contributed by atoms with van der Waals surface area (Å²) in [4.78, 5) is 25.9. The Morgan fingerprint density at radius 1 is 0.455 bits per heavy atom. The second kappa shape index (κ2) is 44.0. The number of nitrogens with one attached hydrogen (secondary N) is 1. The number of ether oxygens (including phenoxy) is 1. The van der Waals surface area contributed by atoms with Crippen LogP contribution < -0.4 is 5.32 Å². The maximum absolute atomic E-state index is 13.1. The van der Waals surface area contributed by atoms with Crippen molar-refractivity contribution in [3.63, 3.8) is 0 Å². The lowest BCUT2D eigenvalue weighted by Gasteiger charge is -2.24. The summed E-state index contributed by atoms with van der Waals surface area (Å²) in [7, 11) is 0. The molecule has 1 amide bonds. The molecular formula is C49H97NO5. The van der Waals surface area contributed by atoms with Gasteiger partial charge in [-0.1, -0.05) is 239 Å². The molecule has 0 spiro atoms. The zero-order valence-electron chi connectivity index (χ0n) is 37.3. The molecule has 0 radical (unpaired) electrons. The van der Waals surface area contributed by atoms with Crippen molar-refractivity contribution in [3.8, 4) is 0 Å². The van der Waals surface area contributed by atoms with Crippen molar-refractivity contribution in [2.24, 2.45) is 0 Å². The third-order valence-corrected chi connectivity index (χ3v) is 11.7. The topological polar surface area (TPSA) is 95.9 Å². The van der Waals surface area contributed by atoms with Gasteiger partial charge in [0.1, 0.15) is 6.10 Å². The molecule has 6 heteroatoms. The number of hydrogen-bond donors (Lipinski definition) is 3. The summed E-state index contributed by atoms with van der Waals surface area (Å²) in [6.07, 6.45) is 46.0. The zero-order valence-corrected chi connectivity index (χ0v) is 37.3. The maximum atomic E-state index is 13.1. The van der Waals surface area contributed by atoms with Gasteiger partial charge in [0, 0.05) is 6.42 Å². The standard InChI is InChI=1S/C49H97NO5/c1-4-7-10-13-16-18-20-22-23-24-26-27-29-32-35-38-41-47(52)46(44-51)50-48(53)43-45(40-37-34-31-15-12-9-6-3)55-49(54)42-39-36-33-30-28-25-21-19-17-14-11-8-5-2/h45-47,51-52H,4-44H2,1-3H3,(H,50,53). The monoisotopic (exact) mass is 780 g/mol. The van der Waals surface area contributed by atoms with E-state index in [4.69, 9.17) is 4.74 Å². The minimum absolute atomic E-state index is 0.0858. The second-order valence-corrected chi connectivity index (χ2v) is 17.2. The molecule has 0 aliphatic heterocycles. The molecule has 0 rings (SSSR count). The summed E-state index contributed by atoms with van der Waals surface area (Å²) < 4.78 is 5.89. The fourth-order valence-corrected chi connectivity index (χ4v) is 7.90. The number of aliphatic hydroxyl groups is 2. The number of carbonyl (C=O) groups excluding carboxylic acids is 2. The van der Waals surface area contributed by atoms with Crippen LogP contribution >= 0.6 is 0 Å². The lowest BCUT2D eigenvalue weighted by molar-refractivity contribution is -0.151. The molecular weight excluding hydrogens is 683 g/mol. The highest BCUT2D eigenvalue weighted by atomic mass is 16.5. The van der Waals surface area contributed by atoms with E-state index in [0.29, 0.717) is 19.3 Å². The third kappa shape index (κ3) is 39.5. The molecule has 0 bridgehead atoms. The highest BCUT2D eigenvalue weighted by Gasteiger charge is 2.24. The molecule has 0 saturated heterocycles. The van der Waals surface area contributed by atoms with Gasteiger partial charge in [-0.05, 0) is 25.7 Å². The van der Waals surface area contributed by atoms with Crippen molar-refractivity contribution in [1.29, 1.82) is 0 Å². The first-order valence-electron chi connectivity index (χ1n) is 24.8. The molecule has 3 unspecified atom stereocenters. The van der Waals surface area contributed by atoms with Gasteiger partial charge in [0.25, 0.3) is 0 Å². The molecule has 328 valence electrons. The lowest BCUT2D eigenvalue weighted by Crippen LogP contribution is -2.46. The van der Waals surface area contributed by atoms with Crippen LogP contribution in [0.1, 0.15) is 278 Å². The molecule has 3 atom stereocenters. The van der Waals surface area contributed by atoms with Gasteiger partial charge in [0.2, 0.25) is 5.91 Å². The van der Waals surface area contributed by atoms with Crippen LogP contribution in [0.3, 0.4) is 0 Å². The van der Waals surface area contributed by atoms with Gasteiger partial charge < -0.3 is 20.3 Å². The molecule has 0 aliphatic rings. The summed E-state index contributed by atoms with van der Waals surface area (Å²) in [6.45, 7) is 6.47. The Labute approximate surface area is 343 Å². The Balaban J connectivity index is 4.32. The summed E-state index contributed by atoms with van der Waals surface area (Å²) in [5.41, 5.74) is 0. The van der Waals surface area contributed by atoms with E-state index in [2.05, 4.69) is 26.1 Å². The summed E-state index contributed by atoms with van der Waals surface area (Å²) >= 11 is 0. The molecule has 3 N–H and O–H groups in total. The Kier molecular flexibility index (Phi) is 43.1. The number of hydrogen-bond acceptors (Lipinski definition) is 5. The van der Waals surface area contributed by atoms with Crippen molar-refractivity contribution in [2.45, 2.75) is 296 Å². The quantitative estimate of drug-likeness (QED) is 0.0422. The van der Waals surface area contributed by atoms with Crippen LogP contribution in [0.2, 0.25) is 0 Å². The SMILES string of the molecule is CCCCCCCCCCCCCCCCCCC(O)C(CO)NC(=O)CC(CCCCCCCCC)OC(=O)CCCCCCCCCCCCCCC. The van der Waals surface area contributed by atoms with Crippen molar-refractivity contribution in [1.82, 2.24) is 5.32 Å². The molecule has 0 aromatic rings. The van der Waals surface area contributed by atoms with Crippen LogP contribution in [0.5, 0.6) is 0 Å². The summed E-state index contributed by atoms with van der Waals surface area (Å²) in [5, 5.41) is 23.7. The van der Waals surface area contributed by atoms with Crippen LogP contribution in [0.25, 0.3) is 0 Å². The molecule has 0 fully saturated rings. The van der Waals surface area contributed by atoms with Crippen molar-refractivity contribution < 1.29 is 24.5 Å². The van der Waals surface area contributed by atoms with Crippen LogP contribution in [0, 0.1) is 0 Å². The number of aliphatic hydroxyl groups excluding tert-OH is 2. The lowest BCUT2D eigenvalue weighted by atomic mass is 10.0. The van der Waals surface area contributed by atoms with E-state index in [-0.39, 0.29) is 24.9 Å². The molecule has 6 nitrogen and oxygen atoms in total. The van der Waals surface area contributed by atoms with Gasteiger partial charge in [0.05, 0.1) is 25.2 Å². The molecule has 0 aliphatic carbocycles. The molecule has 0 aromatic heterocycles. The van der Waals surface area contributed by atoms with Crippen LogP contribution in [-0.2, 0) is 14.3 Å². The number of amides is 1. The van der Waals surface area contributed by atoms with E-state index < -0.39 is 18.2 Å². The maximum Gasteiger partial charge on any atom is 0.306 e. The van der Waals surface area contributed by atoms with Crippen molar-refractivity contribution in [3.05, 3.63) is 0 Å². The third-order valence-electron chi connectivity index (χ3n) is 11.7. The number of rotatable bonds is 45. The minimum atomic E-state index is -0.778. The Morgan fingerprint density at radius 2 is 0.764 bits per heavy atom. The second-order valence-electron chi connectivity index (χ2n) is 17.2. The van der Waals surface area contributed by atoms with Gasteiger partial charge in [-0.2, -0.15) is 0 Å². The fraction of sp³-hybridized carbons (Fsp3) is 0.959. The van der Waals surface area contributed by atoms with Gasteiger partial charge >= 0.3 is 5.97 Å². The summed E-state index contributed by atoms with van der Waals surface area (Å²) in [5.74, 6) is -0.460. The van der Waals surface area contributed by atoms with E-state index >= 15 is 0 Å². The summed E-state index contributed by atoms with van der Waals surface area (Å²) in [6, 6.07) is -0.690. The molecule has 0 heterocycles. The first-order chi connectivity index (χ1) is 27.0. The largest absolute Gasteiger partial charge is 0.462 e. The predicted molar refractivity (Wildman–Crippen MR) is 237 cm³/mol. The van der Waals surface area contributed by atoms with Crippen molar-refractivity contribution >= 4 is 11.9 Å². The zero-order chi connectivity index (χ0) is 40.3. The Hall–Kier alpha value is -1.14. The smallest absolute Gasteiger partial charge is 0.306 e. The Bertz CT molecular complexity index is 791. The van der Waals surface area contributed by atoms with E-state index in [1.165, 1.54) is 186 Å². The first-order valence-corrected chi connectivity index (χ1v) is 24.8. The number of esters is 1. The average molecular weight is 780 g/mol. The predicted octanol–water partition coefficient (Wildman–Crippen LogP) is 14.4. The van der Waals surface area contributed by atoms with E-state index in [1.807, 2.05) is 0 Å². The number of carbonyl (C=O) groups is 2. The van der Waals surface area contributed by atoms with Crippen molar-refractivity contribution in [2.75, 3.05) is 6.61 Å². The van der Waals surface area contributed by atoms with E-state index in [9.17, 15) is 19.8 Å². The number of unbranched alkanes of at least 4 members (excludes halogenated alkanes) is 33. The van der Waals surface area contributed by atoms with E-state index in [0.717, 1.165) is 44.9 Å². The average Bonchev–Trinajstić information content (AvgIpc) is 3.18. The highest BCUT2D eigenvalue weighted by molar-refractivity contribution is 5.77. The highest BCUT2D eigenvalue weighted by Crippen LogP contribution is 2.18.